The summed E-state index contributed by atoms with van der Waals surface area (Å²) in [4.78, 5) is 4.17. The SMILES string of the molecule is COc1cc(C#N)ccc1NCCn1ccnc1C. The molecule has 0 radical (unpaired) electrons. The van der Waals surface area contributed by atoms with Crippen LogP contribution >= 0.6 is 0 Å². The van der Waals surface area contributed by atoms with Crippen LogP contribution in [0.4, 0.5) is 5.69 Å². The van der Waals surface area contributed by atoms with Crippen molar-refractivity contribution in [1.29, 1.82) is 5.26 Å². The lowest BCUT2D eigenvalue weighted by Gasteiger charge is -2.12. The highest BCUT2D eigenvalue weighted by Crippen LogP contribution is 2.25. The second kappa shape index (κ2) is 5.91. The fourth-order valence-corrected chi connectivity index (χ4v) is 1.86. The fourth-order valence-electron chi connectivity index (χ4n) is 1.86. The molecule has 0 fully saturated rings. The van der Waals surface area contributed by atoms with E-state index in [9.17, 15) is 0 Å². The smallest absolute Gasteiger partial charge is 0.143 e. The number of ether oxygens (including phenoxy) is 1. The Bertz CT molecular complexity index is 598. The Hall–Kier alpha value is -2.48. The molecule has 1 aromatic heterocycles. The van der Waals surface area contributed by atoms with E-state index in [-0.39, 0.29) is 0 Å². The fraction of sp³-hybridized carbons (Fsp3) is 0.286. The second-order valence-corrected chi connectivity index (χ2v) is 4.12. The molecule has 0 saturated carbocycles. The largest absolute Gasteiger partial charge is 0.495 e. The lowest BCUT2D eigenvalue weighted by atomic mass is 10.2. The highest BCUT2D eigenvalue weighted by Gasteiger charge is 2.04. The van der Waals surface area contributed by atoms with Gasteiger partial charge >= 0.3 is 0 Å². The highest BCUT2D eigenvalue weighted by molar-refractivity contribution is 5.59. The zero-order valence-electron chi connectivity index (χ0n) is 11.1. The van der Waals surface area contributed by atoms with Gasteiger partial charge in [0, 0.05) is 31.5 Å². The first-order chi connectivity index (χ1) is 9.24. The van der Waals surface area contributed by atoms with E-state index in [1.807, 2.05) is 19.2 Å². The molecule has 0 bridgehead atoms. The lowest BCUT2D eigenvalue weighted by Crippen LogP contribution is -2.11. The Labute approximate surface area is 112 Å². The molecule has 1 heterocycles. The van der Waals surface area contributed by atoms with Crippen molar-refractivity contribution < 1.29 is 4.74 Å². The molecule has 5 heteroatoms. The molecule has 19 heavy (non-hydrogen) atoms. The van der Waals surface area contributed by atoms with Gasteiger partial charge in [-0.1, -0.05) is 0 Å². The number of imidazole rings is 1. The Kier molecular flexibility index (Phi) is 4.04. The lowest BCUT2D eigenvalue weighted by molar-refractivity contribution is 0.416. The van der Waals surface area contributed by atoms with Crippen molar-refractivity contribution >= 4 is 5.69 Å². The molecule has 1 N–H and O–H groups in total. The van der Waals surface area contributed by atoms with E-state index in [1.54, 1.807) is 25.4 Å². The summed E-state index contributed by atoms with van der Waals surface area (Å²) >= 11 is 0. The summed E-state index contributed by atoms with van der Waals surface area (Å²) in [5, 5.41) is 12.1. The van der Waals surface area contributed by atoms with E-state index < -0.39 is 0 Å². The number of benzene rings is 1. The molecule has 0 unspecified atom stereocenters. The van der Waals surface area contributed by atoms with Crippen molar-refractivity contribution in [2.45, 2.75) is 13.5 Å². The summed E-state index contributed by atoms with van der Waals surface area (Å²) in [6.45, 7) is 3.57. The quantitative estimate of drug-likeness (QED) is 0.890. The molecule has 0 amide bonds. The van der Waals surface area contributed by atoms with Crippen LogP contribution in [-0.2, 0) is 6.54 Å². The van der Waals surface area contributed by atoms with E-state index in [0.29, 0.717) is 11.3 Å². The number of nitrogens with one attached hydrogen (secondary N) is 1. The molecule has 2 aromatic rings. The van der Waals surface area contributed by atoms with Gasteiger partial charge in [-0.15, -0.1) is 0 Å². The molecule has 5 nitrogen and oxygen atoms in total. The minimum Gasteiger partial charge on any atom is -0.495 e. The maximum absolute atomic E-state index is 8.84. The average molecular weight is 256 g/mol. The Morgan fingerprint density at radius 2 is 2.32 bits per heavy atom. The third-order valence-corrected chi connectivity index (χ3v) is 2.92. The zero-order valence-corrected chi connectivity index (χ0v) is 11.1. The number of nitriles is 1. The van der Waals surface area contributed by atoms with Crippen LogP contribution in [0.5, 0.6) is 5.75 Å². The third kappa shape index (κ3) is 3.05. The van der Waals surface area contributed by atoms with E-state index in [4.69, 9.17) is 10.00 Å². The van der Waals surface area contributed by atoms with Gasteiger partial charge < -0.3 is 14.6 Å². The van der Waals surface area contributed by atoms with Gasteiger partial charge in [0.05, 0.1) is 24.4 Å². The van der Waals surface area contributed by atoms with E-state index in [0.717, 1.165) is 24.6 Å². The molecule has 98 valence electrons. The minimum atomic E-state index is 0.591. The predicted octanol–water partition coefficient (Wildman–Crippen LogP) is 2.18. The first kappa shape index (κ1) is 13.0. The Balaban J connectivity index is 2.00. The van der Waals surface area contributed by atoms with Crippen LogP contribution < -0.4 is 10.1 Å². The van der Waals surface area contributed by atoms with Crippen LogP contribution in [0, 0.1) is 18.3 Å². The van der Waals surface area contributed by atoms with Crippen molar-refractivity contribution in [2.24, 2.45) is 0 Å². The molecule has 2 rings (SSSR count). The average Bonchev–Trinajstić information content (AvgIpc) is 2.84. The van der Waals surface area contributed by atoms with E-state index in [2.05, 4.69) is 20.9 Å². The molecule has 0 spiro atoms. The van der Waals surface area contributed by atoms with Crippen molar-refractivity contribution in [1.82, 2.24) is 9.55 Å². The second-order valence-electron chi connectivity index (χ2n) is 4.12. The van der Waals surface area contributed by atoms with Crippen molar-refractivity contribution in [3.63, 3.8) is 0 Å². The van der Waals surface area contributed by atoms with Gasteiger partial charge in [0.1, 0.15) is 11.6 Å². The van der Waals surface area contributed by atoms with Gasteiger partial charge in [-0.25, -0.2) is 4.98 Å². The third-order valence-electron chi connectivity index (χ3n) is 2.92. The van der Waals surface area contributed by atoms with Crippen molar-refractivity contribution in [3.05, 3.63) is 42.0 Å². The van der Waals surface area contributed by atoms with Gasteiger partial charge in [0.25, 0.3) is 0 Å². The molecular weight excluding hydrogens is 240 g/mol. The number of hydrogen-bond acceptors (Lipinski definition) is 4. The predicted molar refractivity (Wildman–Crippen MR) is 73.2 cm³/mol. The molecule has 0 saturated heterocycles. The molecule has 1 aromatic carbocycles. The summed E-state index contributed by atoms with van der Waals surface area (Å²) in [6, 6.07) is 7.45. The Morgan fingerprint density at radius 1 is 1.47 bits per heavy atom. The van der Waals surface area contributed by atoms with Crippen LogP contribution in [0.3, 0.4) is 0 Å². The van der Waals surface area contributed by atoms with Crippen molar-refractivity contribution in [3.8, 4) is 11.8 Å². The number of aromatic nitrogens is 2. The monoisotopic (exact) mass is 256 g/mol. The molecule has 0 aliphatic rings. The van der Waals surface area contributed by atoms with Crippen LogP contribution in [-0.4, -0.2) is 23.2 Å². The summed E-state index contributed by atoms with van der Waals surface area (Å²) in [6.07, 6.45) is 3.74. The summed E-state index contributed by atoms with van der Waals surface area (Å²) in [7, 11) is 1.60. The number of aryl methyl sites for hydroxylation is 1. The number of hydrogen-bond donors (Lipinski definition) is 1. The normalized spacial score (nSPS) is 9.95. The van der Waals surface area contributed by atoms with Gasteiger partial charge in [0.15, 0.2) is 0 Å². The molecule has 0 atom stereocenters. The maximum atomic E-state index is 8.84. The standard InChI is InChI=1S/C14H16N4O/c1-11-16-5-7-18(11)8-6-17-13-4-3-12(10-15)9-14(13)19-2/h3-5,7,9,17H,6,8H2,1-2H3. The minimum absolute atomic E-state index is 0.591. The van der Waals surface area contributed by atoms with Gasteiger partial charge in [-0.2, -0.15) is 5.26 Å². The van der Waals surface area contributed by atoms with Crippen molar-refractivity contribution in [2.75, 3.05) is 19.0 Å². The topological polar surface area (TPSA) is 62.9 Å². The molecular formula is C14H16N4O. The highest BCUT2D eigenvalue weighted by atomic mass is 16.5. The van der Waals surface area contributed by atoms with Crippen LogP contribution in [0.25, 0.3) is 0 Å². The van der Waals surface area contributed by atoms with Gasteiger partial charge in [-0.3, -0.25) is 0 Å². The van der Waals surface area contributed by atoms with E-state index >= 15 is 0 Å². The first-order valence-electron chi connectivity index (χ1n) is 6.04. The summed E-state index contributed by atoms with van der Waals surface area (Å²) in [5.74, 6) is 1.68. The number of methoxy groups -OCH3 is 1. The number of nitrogens with zero attached hydrogens (tertiary/aromatic N) is 3. The first-order valence-corrected chi connectivity index (χ1v) is 6.04. The van der Waals surface area contributed by atoms with Crippen LogP contribution in [0.15, 0.2) is 30.6 Å². The summed E-state index contributed by atoms with van der Waals surface area (Å²) in [5.41, 5.74) is 1.48. The number of rotatable bonds is 5. The summed E-state index contributed by atoms with van der Waals surface area (Å²) < 4.78 is 7.34. The van der Waals surface area contributed by atoms with Gasteiger partial charge in [-0.05, 0) is 19.1 Å². The maximum Gasteiger partial charge on any atom is 0.143 e. The van der Waals surface area contributed by atoms with Crippen LogP contribution in [0.2, 0.25) is 0 Å². The molecule has 0 aliphatic carbocycles. The Morgan fingerprint density at radius 3 is 2.95 bits per heavy atom. The van der Waals surface area contributed by atoms with Gasteiger partial charge in [0.2, 0.25) is 0 Å². The van der Waals surface area contributed by atoms with E-state index in [1.165, 1.54) is 0 Å². The molecule has 0 aliphatic heterocycles. The zero-order chi connectivity index (χ0) is 13.7. The number of anilines is 1. The van der Waals surface area contributed by atoms with Crippen LogP contribution in [0.1, 0.15) is 11.4 Å².